The Morgan fingerprint density at radius 1 is 1.54 bits per heavy atom. The molecule has 72 valence electrons. The van der Waals surface area contributed by atoms with Crippen molar-refractivity contribution in [3.63, 3.8) is 0 Å². The molecule has 0 saturated carbocycles. The van der Waals surface area contributed by atoms with Gasteiger partial charge in [0, 0.05) is 11.8 Å². The first-order valence-electron chi connectivity index (χ1n) is 4.18. The number of hydrogen-bond acceptors (Lipinski definition) is 4. The molecule has 4 heteroatoms. The van der Waals surface area contributed by atoms with E-state index in [1.54, 1.807) is 13.1 Å². The van der Waals surface area contributed by atoms with E-state index >= 15 is 0 Å². The number of nitrogen functional groups attached to an aromatic ring is 1. The predicted octanol–water partition coefficient (Wildman–Crippen LogP) is 0.353. The van der Waals surface area contributed by atoms with Crippen molar-refractivity contribution in [3.05, 3.63) is 23.4 Å². The molecule has 0 aliphatic rings. The molecule has 4 nitrogen and oxygen atoms in total. The van der Waals surface area contributed by atoms with Crippen LogP contribution in [0.3, 0.4) is 0 Å². The third kappa shape index (κ3) is 2.17. The van der Waals surface area contributed by atoms with Crippen LogP contribution in [0.4, 0.5) is 5.82 Å². The van der Waals surface area contributed by atoms with E-state index in [4.69, 9.17) is 11.5 Å². The first-order valence-corrected chi connectivity index (χ1v) is 4.18. The average molecular weight is 181 g/mol. The normalized spacial score (nSPS) is 15.4. The van der Waals surface area contributed by atoms with Crippen LogP contribution >= 0.6 is 0 Å². The summed E-state index contributed by atoms with van der Waals surface area (Å²) >= 11 is 0. The number of anilines is 1. The summed E-state index contributed by atoms with van der Waals surface area (Å²) in [5.74, 6) is 0.388. The Hall–Kier alpha value is -1.13. The van der Waals surface area contributed by atoms with Crippen LogP contribution in [-0.2, 0) is 0 Å². The molecule has 5 N–H and O–H groups in total. The van der Waals surface area contributed by atoms with Gasteiger partial charge >= 0.3 is 0 Å². The van der Waals surface area contributed by atoms with Gasteiger partial charge in [-0.15, -0.1) is 0 Å². The van der Waals surface area contributed by atoms with Gasteiger partial charge in [-0.1, -0.05) is 0 Å². The molecule has 2 atom stereocenters. The van der Waals surface area contributed by atoms with E-state index in [1.165, 1.54) is 0 Å². The number of pyridine rings is 1. The summed E-state index contributed by atoms with van der Waals surface area (Å²) in [5, 5.41) is 9.28. The van der Waals surface area contributed by atoms with Crippen molar-refractivity contribution in [2.75, 3.05) is 5.73 Å². The summed E-state index contributed by atoms with van der Waals surface area (Å²) in [7, 11) is 0. The Morgan fingerprint density at radius 3 is 2.69 bits per heavy atom. The van der Waals surface area contributed by atoms with E-state index in [-0.39, 0.29) is 0 Å². The highest BCUT2D eigenvalue weighted by atomic mass is 16.3. The predicted molar refractivity (Wildman–Crippen MR) is 52.0 cm³/mol. The quantitative estimate of drug-likeness (QED) is 0.614. The number of rotatable bonds is 2. The Kier molecular flexibility index (Phi) is 2.85. The van der Waals surface area contributed by atoms with Crippen LogP contribution in [0.1, 0.15) is 24.1 Å². The van der Waals surface area contributed by atoms with Crippen LogP contribution < -0.4 is 11.5 Å². The van der Waals surface area contributed by atoms with Crippen molar-refractivity contribution >= 4 is 5.82 Å². The number of nitrogens with zero attached hydrogens (tertiary/aromatic N) is 1. The van der Waals surface area contributed by atoms with E-state index in [1.807, 2.05) is 13.0 Å². The molecule has 0 aliphatic heterocycles. The largest absolute Gasteiger partial charge is 0.391 e. The molecule has 1 heterocycles. The minimum atomic E-state index is -0.620. The fourth-order valence-corrected chi connectivity index (χ4v) is 1.13. The standard InChI is InChI=1S/C9H15N3O/c1-5-3-7(8(10)6(2)13)9(11)12-4-5/h3-4,6,8,13H,10H2,1-2H3,(H2,11,12)/t6-,8+/m1/s1. The highest BCUT2D eigenvalue weighted by molar-refractivity contribution is 5.43. The Morgan fingerprint density at radius 2 is 2.15 bits per heavy atom. The number of aliphatic hydroxyl groups is 1. The maximum absolute atomic E-state index is 9.28. The van der Waals surface area contributed by atoms with Gasteiger partial charge in [0.2, 0.25) is 0 Å². The molecule has 0 amide bonds. The molecule has 1 aromatic rings. The molecule has 0 unspecified atom stereocenters. The van der Waals surface area contributed by atoms with Gasteiger partial charge < -0.3 is 16.6 Å². The highest BCUT2D eigenvalue weighted by Crippen LogP contribution is 2.19. The van der Waals surface area contributed by atoms with Crippen molar-refractivity contribution in [2.45, 2.75) is 26.0 Å². The lowest BCUT2D eigenvalue weighted by molar-refractivity contribution is 0.164. The van der Waals surface area contributed by atoms with Crippen molar-refractivity contribution in [1.82, 2.24) is 4.98 Å². The molecule has 0 aliphatic carbocycles. The zero-order valence-electron chi connectivity index (χ0n) is 7.86. The molecule has 1 aromatic heterocycles. The number of nitrogens with two attached hydrogens (primary N) is 2. The van der Waals surface area contributed by atoms with Crippen LogP contribution in [0.25, 0.3) is 0 Å². The molecule has 0 saturated heterocycles. The van der Waals surface area contributed by atoms with Crippen LogP contribution in [0.5, 0.6) is 0 Å². The van der Waals surface area contributed by atoms with Crippen molar-refractivity contribution in [2.24, 2.45) is 5.73 Å². The second-order valence-corrected chi connectivity index (χ2v) is 3.25. The molecule has 0 radical (unpaired) electrons. The summed E-state index contributed by atoms with van der Waals surface area (Å²) < 4.78 is 0. The van der Waals surface area contributed by atoms with E-state index in [9.17, 15) is 5.11 Å². The zero-order valence-corrected chi connectivity index (χ0v) is 7.86. The van der Waals surface area contributed by atoms with Crippen molar-refractivity contribution in [1.29, 1.82) is 0 Å². The maximum Gasteiger partial charge on any atom is 0.128 e. The van der Waals surface area contributed by atoms with Gasteiger partial charge in [-0.25, -0.2) is 4.98 Å². The Bertz CT molecular complexity index is 299. The van der Waals surface area contributed by atoms with Crippen molar-refractivity contribution in [3.8, 4) is 0 Å². The van der Waals surface area contributed by atoms with Crippen molar-refractivity contribution < 1.29 is 5.11 Å². The number of aryl methyl sites for hydroxylation is 1. The fraction of sp³-hybridized carbons (Fsp3) is 0.444. The van der Waals surface area contributed by atoms with E-state index in [0.29, 0.717) is 11.4 Å². The van der Waals surface area contributed by atoms with Gasteiger partial charge in [-0.2, -0.15) is 0 Å². The maximum atomic E-state index is 9.28. The highest BCUT2D eigenvalue weighted by Gasteiger charge is 2.15. The topological polar surface area (TPSA) is 85.2 Å². The van der Waals surface area contributed by atoms with Gasteiger partial charge in [-0.3, -0.25) is 0 Å². The van der Waals surface area contributed by atoms with Crippen LogP contribution in [0.2, 0.25) is 0 Å². The van der Waals surface area contributed by atoms with Gasteiger partial charge in [0.15, 0.2) is 0 Å². The summed E-state index contributed by atoms with van der Waals surface area (Å²) in [6.45, 7) is 3.54. The lowest BCUT2D eigenvalue weighted by Gasteiger charge is -2.16. The average Bonchev–Trinajstić information content (AvgIpc) is 2.08. The summed E-state index contributed by atoms with van der Waals surface area (Å²) in [6.07, 6.45) is 1.05. The SMILES string of the molecule is Cc1cnc(N)c([C@@H](N)[C@@H](C)O)c1. The van der Waals surface area contributed by atoms with Gasteiger partial charge in [0.25, 0.3) is 0 Å². The third-order valence-electron chi connectivity index (χ3n) is 1.97. The van der Waals surface area contributed by atoms with Gasteiger partial charge in [0.1, 0.15) is 5.82 Å². The lowest BCUT2D eigenvalue weighted by atomic mass is 10.0. The summed E-state index contributed by atoms with van der Waals surface area (Å²) in [5.41, 5.74) is 13.1. The Labute approximate surface area is 77.6 Å². The van der Waals surface area contributed by atoms with E-state index in [2.05, 4.69) is 4.98 Å². The van der Waals surface area contributed by atoms with E-state index < -0.39 is 12.1 Å². The fourth-order valence-electron chi connectivity index (χ4n) is 1.13. The van der Waals surface area contributed by atoms with Crippen LogP contribution in [0, 0.1) is 6.92 Å². The molecule has 0 fully saturated rings. The lowest BCUT2D eigenvalue weighted by Crippen LogP contribution is -2.24. The zero-order chi connectivity index (χ0) is 10.0. The minimum Gasteiger partial charge on any atom is -0.391 e. The van der Waals surface area contributed by atoms with Crippen LogP contribution in [0.15, 0.2) is 12.3 Å². The molecular weight excluding hydrogens is 166 g/mol. The summed E-state index contributed by atoms with van der Waals surface area (Å²) in [6, 6.07) is 1.38. The Balaban J connectivity index is 3.05. The second-order valence-electron chi connectivity index (χ2n) is 3.25. The first-order chi connectivity index (χ1) is 6.02. The second kappa shape index (κ2) is 3.72. The third-order valence-corrected chi connectivity index (χ3v) is 1.97. The first kappa shape index (κ1) is 9.95. The number of aliphatic hydroxyl groups excluding tert-OH is 1. The molecule has 0 bridgehead atoms. The monoisotopic (exact) mass is 181 g/mol. The number of aromatic nitrogens is 1. The van der Waals surface area contributed by atoms with Crippen LogP contribution in [-0.4, -0.2) is 16.2 Å². The minimum absolute atomic E-state index is 0.388. The molecule has 1 rings (SSSR count). The molecule has 0 spiro atoms. The molecular formula is C9H15N3O. The summed E-state index contributed by atoms with van der Waals surface area (Å²) in [4.78, 5) is 3.97. The molecule has 13 heavy (non-hydrogen) atoms. The van der Waals surface area contributed by atoms with Gasteiger partial charge in [0.05, 0.1) is 12.1 Å². The van der Waals surface area contributed by atoms with E-state index in [0.717, 1.165) is 5.56 Å². The smallest absolute Gasteiger partial charge is 0.128 e. The molecule has 0 aromatic carbocycles. The number of hydrogen-bond donors (Lipinski definition) is 3. The van der Waals surface area contributed by atoms with Gasteiger partial charge in [-0.05, 0) is 25.5 Å².